The van der Waals surface area contributed by atoms with Crippen LogP contribution in [-0.2, 0) is 26.6 Å². The minimum Gasteiger partial charge on any atom is -0.333 e. The molecule has 0 spiro atoms. The monoisotopic (exact) mass is 262 g/mol. The van der Waals surface area contributed by atoms with Crippen LogP contribution in [0.3, 0.4) is 0 Å². The Morgan fingerprint density at radius 3 is 2.84 bits per heavy atom. The molecule has 0 amide bonds. The molecule has 0 bridgehead atoms. The van der Waals surface area contributed by atoms with Gasteiger partial charge in [-0.1, -0.05) is 13.8 Å². The second-order valence-electron chi connectivity index (χ2n) is 5.21. The van der Waals surface area contributed by atoms with Gasteiger partial charge in [-0.05, 0) is 12.5 Å². The number of aryl methyl sites for hydroxylation is 3. The van der Waals surface area contributed by atoms with Crippen LogP contribution < -0.4 is 5.32 Å². The van der Waals surface area contributed by atoms with Gasteiger partial charge in [0.15, 0.2) is 0 Å². The molecule has 0 saturated heterocycles. The van der Waals surface area contributed by atoms with Gasteiger partial charge < -0.3 is 14.5 Å². The molecule has 2 aromatic heterocycles. The van der Waals surface area contributed by atoms with E-state index in [1.165, 1.54) is 5.69 Å². The summed E-state index contributed by atoms with van der Waals surface area (Å²) in [6.45, 7) is 7.17. The fraction of sp³-hybridized carbons (Fsp3) is 0.615. The van der Waals surface area contributed by atoms with E-state index in [1.807, 2.05) is 24.1 Å². The number of aromatic nitrogens is 5. The lowest BCUT2D eigenvalue weighted by molar-refractivity contribution is 0.531. The SMILES string of the molecule is CC(C)CNCc1cncn1CCc1nncn1C. The van der Waals surface area contributed by atoms with Gasteiger partial charge in [-0.2, -0.15) is 0 Å². The molecule has 0 aliphatic rings. The topological polar surface area (TPSA) is 60.6 Å². The van der Waals surface area contributed by atoms with Gasteiger partial charge in [-0.15, -0.1) is 10.2 Å². The van der Waals surface area contributed by atoms with Crippen molar-refractivity contribution < 1.29 is 0 Å². The van der Waals surface area contributed by atoms with E-state index in [0.29, 0.717) is 5.92 Å². The Bertz CT molecular complexity index is 499. The maximum absolute atomic E-state index is 4.22. The Labute approximate surface area is 113 Å². The van der Waals surface area contributed by atoms with Crippen molar-refractivity contribution in [2.45, 2.75) is 33.4 Å². The standard InChI is InChI=1S/C13H22N6/c1-11(2)6-14-7-12-8-15-9-19(12)5-4-13-17-16-10-18(13)3/h8-11,14H,4-7H2,1-3H3. The Hall–Kier alpha value is -1.69. The Morgan fingerprint density at radius 2 is 2.16 bits per heavy atom. The second-order valence-corrected chi connectivity index (χ2v) is 5.21. The maximum atomic E-state index is 4.22. The molecule has 0 fully saturated rings. The molecule has 0 aliphatic carbocycles. The highest BCUT2D eigenvalue weighted by Crippen LogP contribution is 2.03. The van der Waals surface area contributed by atoms with Crippen LogP contribution >= 0.6 is 0 Å². The zero-order valence-corrected chi connectivity index (χ0v) is 11.9. The van der Waals surface area contributed by atoms with E-state index in [1.54, 1.807) is 6.33 Å². The first-order valence-electron chi connectivity index (χ1n) is 6.69. The molecule has 0 radical (unpaired) electrons. The number of hydrogen-bond acceptors (Lipinski definition) is 4. The van der Waals surface area contributed by atoms with Crippen LogP contribution in [0.1, 0.15) is 25.4 Å². The van der Waals surface area contributed by atoms with Gasteiger partial charge in [0, 0.05) is 32.8 Å². The second kappa shape index (κ2) is 6.47. The summed E-state index contributed by atoms with van der Waals surface area (Å²) in [5.41, 5.74) is 1.21. The lowest BCUT2D eigenvalue weighted by Gasteiger charge is -2.10. The number of hydrogen-bond donors (Lipinski definition) is 1. The summed E-state index contributed by atoms with van der Waals surface area (Å²) in [5.74, 6) is 1.66. The summed E-state index contributed by atoms with van der Waals surface area (Å²) in [6.07, 6.45) is 6.39. The molecule has 0 aromatic carbocycles. The first kappa shape index (κ1) is 13.7. The predicted octanol–water partition coefficient (Wildman–Crippen LogP) is 1.000. The molecule has 2 heterocycles. The summed E-state index contributed by atoms with van der Waals surface area (Å²) in [7, 11) is 1.97. The maximum Gasteiger partial charge on any atom is 0.134 e. The van der Waals surface area contributed by atoms with Gasteiger partial charge in [0.2, 0.25) is 0 Å². The molecule has 2 rings (SSSR count). The zero-order chi connectivity index (χ0) is 13.7. The van der Waals surface area contributed by atoms with Gasteiger partial charge in [-0.3, -0.25) is 0 Å². The third-order valence-electron chi connectivity index (χ3n) is 3.04. The Morgan fingerprint density at radius 1 is 1.32 bits per heavy atom. The highest BCUT2D eigenvalue weighted by Gasteiger charge is 2.05. The number of nitrogens with one attached hydrogen (secondary N) is 1. The van der Waals surface area contributed by atoms with Crippen LogP contribution in [0.4, 0.5) is 0 Å². The third-order valence-corrected chi connectivity index (χ3v) is 3.04. The lowest BCUT2D eigenvalue weighted by Crippen LogP contribution is -2.21. The van der Waals surface area contributed by atoms with Crippen LogP contribution in [0.25, 0.3) is 0 Å². The summed E-state index contributed by atoms with van der Waals surface area (Å²) in [5, 5.41) is 11.4. The molecular weight excluding hydrogens is 240 g/mol. The smallest absolute Gasteiger partial charge is 0.134 e. The molecule has 6 nitrogen and oxygen atoms in total. The van der Waals surface area contributed by atoms with Crippen LogP contribution in [0.5, 0.6) is 0 Å². The first-order valence-corrected chi connectivity index (χ1v) is 6.69. The fourth-order valence-electron chi connectivity index (χ4n) is 1.94. The van der Waals surface area contributed by atoms with Crippen LogP contribution in [-0.4, -0.2) is 30.9 Å². The van der Waals surface area contributed by atoms with E-state index in [9.17, 15) is 0 Å². The fourth-order valence-corrected chi connectivity index (χ4v) is 1.94. The van der Waals surface area contributed by atoms with Gasteiger partial charge in [0.25, 0.3) is 0 Å². The van der Waals surface area contributed by atoms with Crippen molar-refractivity contribution >= 4 is 0 Å². The minimum atomic E-state index is 0.662. The molecular formula is C13H22N6. The van der Waals surface area contributed by atoms with Crippen molar-refractivity contribution in [3.05, 3.63) is 30.4 Å². The zero-order valence-electron chi connectivity index (χ0n) is 11.9. The first-order chi connectivity index (χ1) is 9.16. The van der Waals surface area contributed by atoms with Gasteiger partial charge in [0.05, 0.1) is 12.0 Å². The van der Waals surface area contributed by atoms with Crippen molar-refractivity contribution in [1.82, 2.24) is 29.6 Å². The Balaban J connectivity index is 1.87. The van der Waals surface area contributed by atoms with Crippen molar-refractivity contribution in [2.24, 2.45) is 13.0 Å². The largest absolute Gasteiger partial charge is 0.333 e. The molecule has 104 valence electrons. The summed E-state index contributed by atoms with van der Waals surface area (Å²) in [6, 6.07) is 0. The van der Waals surface area contributed by atoms with Gasteiger partial charge >= 0.3 is 0 Å². The number of nitrogens with zero attached hydrogens (tertiary/aromatic N) is 5. The molecule has 0 aliphatic heterocycles. The van der Waals surface area contributed by atoms with Crippen molar-refractivity contribution in [1.29, 1.82) is 0 Å². The van der Waals surface area contributed by atoms with Crippen molar-refractivity contribution in [3.8, 4) is 0 Å². The van der Waals surface area contributed by atoms with Gasteiger partial charge in [-0.25, -0.2) is 4.98 Å². The molecule has 6 heteroatoms. The van der Waals surface area contributed by atoms with E-state index >= 15 is 0 Å². The van der Waals surface area contributed by atoms with E-state index < -0.39 is 0 Å². The van der Waals surface area contributed by atoms with Crippen molar-refractivity contribution in [2.75, 3.05) is 6.54 Å². The Kier molecular flexibility index (Phi) is 4.68. The van der Waals surface area contributed by atoms with Gasteiger partial charge in [0.1, 0.15) is 12.2 Å². The van der Waals surface area contributed by atoms with Crippen LogP contribution in [0.15, 0.2) is 18.9 Å². The van der Waals surface area contributed by atoms with E-state index in [4.69, 9.17) is 0 Å². The number of imidazole rings is 1. The third kappa shape index (κ3) is 3.89. The summed E-state index contributed by atoms with van der Waals surface area (Å²) < 4.78 is 4.12. The molecule has 0 saturated carbocycles. The molecule has 0 unspecified atom stereocenters. The predicted molar refractivity (Wildman–Crippen MR) is 73.5 cm³/mol. The highest BCUT2D eigenvalue weighted by molar-refractivity contribution is 4.99. The van der Waals surface area contributed by atoms with E-state index in [-0.39, 0.29) is 0 Å². The normalized spacial score (nSPS) is 11.4. The average Bonchev–Trinajstić information content (AvgIpc) is 2.95. The average molecular weight is 262 g/mol. The van der Waals surface area contributed by atoms with E-state index in [0.717, 1.165) is 31.9 Å². The molecule has 1 N–H and O–H groups in total. The summed E-state index contributed by atoms with van der Waals surface area (Å²) >= 11 is 0. The highest BCUT2D eigenvalue weighted by atomic mass is 15.2. The van der Waals surface area contributed by atoms with Crippen LogP contribution in [0.2, 0.25) is 0 Å². The van der Waals surface area contributed by atoms with Crippen LogP contribution in [0, 0.1) is 5.92 Å². The minimum absolute atomic E-state index is 0.662. The van der Waals surface area contributed by atoms with E-state index in [2.05, 4.69) is 38.9 Å². The molecule has 0 atom stereocenters. The quantitative estimate of drug-likeness (QED) is 0.808. The lowest BCUT2D eigenvalue weighted by atomic mass is 10.2. The molecule has 19 heavy (non-hydrogen) atoms. The summed E-state index contributed by atoms with van der Waals surface area (Å²) in [4.78, 5) is 4.22. The number of rotatable bonds is 7. The van der Waals surface area contributed by atoms with Crippen molar-refractivity contribution in [3.63, 3.8) is 0 Å². The molecule has 2 aromatic rings.